The molecule has 1 aromatic heterocycles. The molecule has 0 atom stereocenters. The zero-order chi connectivity index (χ0) is 26.5. The zero-order valence-electron chi connectivity index (χ0n) is 18.7. The van der Waals surface area contributed by atoms with E-state index in [1.807, 2.05) is 55.5 Å². The van der Waals surface area contributed by atoms with Gasteiger partial charge in [-0.15, -0.1) is 0 Å². The fraction of sp³-hybridized carbons (Fsp3) is 0.130. The van der Waals surface area contributed by atoms with Crippen LogP contribution in [-0.4, -0.2) is 36.5 Å². The van der Waals surface area contributed by atoms with Gasteiger partial charge in [-0.3, -0.25) is 10.1 Å². The van der Waals surface area contributed by atoms with Gasteiger partial charge in [0, 0.05) is 5.56 Å². The molecule has 13 heteroatoms. The lowest BCUT2D eigenvalue weighted by Crippen LogP contribution is -3.61. The van der Waals surface area contributed by atoms with Crippen LogP contribution in [0.5, 0.6) is 5.75 Å². The molecule has 0 aliphatic carbocycles. The minimum absolute atomic E-state index is 0.134. The first-order valence-electron chi connectivity index (χ1n) is 9.95. The van der Waals surface area contributed by atoms with Gasteiger partial charge in [0.25, 0.3) is 5.91 Å². The summed E-state index contributed by atoms with van der Waals surface area (Å²) in [6.45, 7) is 2.05. The topological polar surface area (TPSA) is 108 Å². The molecule has 0 aliphatic rings. The molecule has 0 saturated heterocycles. The largest absolute Gasteiger partial charge is 0.741 e. The smallest absolute Gasteiger partial charge is 0.485 e. The quantitative estimate of drug-likeness (QED) is 0.201. The summed E-state index contributed by atoms with van der Waals surface area (Å²) in [5, 5.41) is 3.54. The van der Waals surface area contributed by atoms with E-state index in [2.05, 4.69) is 28.5 Å². The number of aryl methyl sites for hydroxylation is 1. The van der Waals surface area contributed by atoms with Crippen molar-refractivity contribution in [1.82, 2.24) is 4.98 Å². The van der Waals surface area contributed by atoms with Gasteiger partial charge in [0.15, 0.2) is 22.4 Å². The van der Waals surface area contributed by atoms with Crippen LogP contribution in [0, 0.1) is 14.1 Å². The Morgan fingerprint density at radius 2 is 1.58 bits per heavy atom. The van der Waals surface area contributed by atoms with Crippen molar-refractivity contribution in [3.05, 3.63) is 85.0 Å². The maximum Gasteiger partial charge on any atom is 0.485 e. The molecule has 0 saturated carbocycles. The second kappa shape index (κ2) is 11.5. The standard InChI is InChI=1S/C22H17IN2O2S.CHF3O3S/c1-14-3-12-19-20(13-14)28-22(24-19)25-21(26)15-4-6-16(7-5-15)23-17-8-10-18(27-2)11-9-17;2-1(3,4)8(5,6)7/h3-13H,1-2H3;(H,5,6,7). The number of hydrogen-bond acceptors (Lipinski definition) is 7. The van der Waals surface area contributed by atoms with E-state index in [9.17, 15) is 18.0 Å². The summed E-state index contributed by atoms with van der Waals surface area (Å²) < 4.78 is 67.7. The first kappa shape index (κ1) is 27.8. The van der Waals surface area contributed by atoms with Crippen LogP contribution in [0.3, 0.4) is 0 Å². The molecule has 4 aromatic rings. The number of rotatable bonds is 5. The molecule has 1 amide bonds. The van der Waals surface area contributed by atoms with E-state index in [-0.39, 0.29) is 27.1 Å². The fourth-order valence-electron chi connectivity index (χ4n) is 2.68. The Hall–Kier alpha value is -2.75. The van der Waals surface area contributed by atoms with Crippen molar-refractivity contribution in [3.63, 3.8) is 0 Å². The second-order valence-corrected chi connectivity index (χ2v) is 12.5. The molecule has 7 nitrogen and oxygen atoms in total. The normalized spacial score (nSPS) is 11.5. The van der Waals surface area contributed by atoms with Gasteiger partial charge in [0.05, 0.1) is 17.3 Å². The Bertz CT molecular complexity index is 1460. The number of carbonyl (C=O) groups is 1. The third-order valence-corrected chi connectivity index (χ3v) is 8.61. The maximum absolute atomic E-state index is 12.5. The summed E-state index contributed by atoms with van der Waals surface area (Å²) in [5.74, 6) is 0.731. The number of halogens is 4. The average Bonchev–Trinajstić information content (AvgIpc) is 3.20. The lowest BCUT2D eigenvalue weighted by molar-refractivity contribution is -0.597. The highest BCUT2D eigenvalue weighted by molar-refractivity contribution is 7.86. The molecule has 36 heavy (non-hydrogen) atoms. The van der Waals surface area contributed by atoms with Crippen LogP contribution in [0.15, 0.2) is 66.7 Å². The third-order valence-electron chi connectivity index (χ3n) is 4.42. The molecule has 1 heterocycles. The lowest BCUT2D eigenvalue weighted by Gasteiger charge is -2.08. The van der Waals surface area contributed by atoms with Crippen molar-refractivity contribution in [1.29, 1.82) is 0 Å². The van der Waals surface area contributed by atoms with Gasteiger partial charge in [0.1, 0.15) is 5.75 Å². The number of amides is 1. The van der Waals surface area contributed by atoms with Crippen LogP contribution in [-0.2, 0) is 10.1 Å². The molecule has 0 spiro atoms. The van der Waals surface area contributed by atoms with E-state index >= 15 is 0 Å². The van der Waals surface area contributed by atoms with Gasteiger partial charge in [-0.05, 0) is 73.2 Å². The van der Waals surface area contributed by atoms with Gasteiger partial charge in [-0.1, -0.05) is 17.4 Å². The first-order valence-corrected chi connectivity index (χ1v) is 14.3. The molecule has 0 aliphatic heterocycles. The second-order valence-electron chi connectivity index (χ2n) is 7.10. The zero-order valence-corrected chi connectivity index (χ0v) is 22.5. The van der Waals surface area contributed by atoms with Crippen LogP contribution < -0.4 is 31.3 Å². The molecule has 3 aromatic carbocycles. The molecule has 0 unspecified atom stereocenters. The molecule has 0 fully saturated rings. The van der Waals surface area contributed by atoms with Crippen molar-refractivity contribution in [3.8, 4) is 5.75 Å². The Morgan fingerprint density at radius 3 is 2.11 bits per heavy atom. The van der Waals surface area contributed by atoms with Crippen molar-refractivity contribution < 1.29 is 56.9 Å². The molecule has 0 bridgehead atoms. The molecular weight excluding hydrogens is 632 g/mol. The molecule has 1 N–H and O–H groups in total. The van der Waals surface area contributed by atoms with Crippen molar-refractivity contribution in [2.75, 3.05) is 12.4 Å². The number of anilines is 1. The van der Waals surface area contributed by atoms with E-state index in [0.717, 1.165) is 16.0 Å². The first-order chi connectivity index (χ1) is 16.9. The number of nitrogens with one attached hydrogen (secondary N) is 1. The van der Waals surface area contributed by atoms with Gasteiger partial charge in [-0.2, -0.15) is 13.2 Å². The highest BCUT2D eigenvalue weighted by Gasteiger charge is 2.36. The number of thiazole rings is 1. The van der Waals surface area contributed by atoms with E-state index in [1.165, 1.54) is 24.0 Å². The third kappa shape index (κ3) is 7.62. The molecular formula is C23H18F3IN2O5S2. The number of ether oxygens (including phenoxy) is 1. The van der Waals surface area contributed by atoms with Gasteiger partial charge in [0.2, 0.25) is 0 Å². The Morgan fingerprint density at radius 1 is 1.03 bits per heavy atom. The summed E-state index contributed by atoms with van der Waals surface area (Å²) in [7, 11) is -4.42. The Kier molecular flexibility index (Phi) is 8.92. The van der Waals surface area contributed by atoms with Crippen molar-refractivity contribution in [2.45, 2.75) is 12.4 Å². The molecule has 4 rings (SSSR count). The van der Waals surface area contributed by atoms with E-state index in [4.69, 9.17) is 17.7 Å². The van der Waals surface area contributed by atoms with E-state index < -0.39 is 15.6 Å². The van der Waals surface area contributed by atoms with Crippen LogP contribution in [0.25, 0.3) is 10.2 Å². The number of methoxy groups -OCH3 is 1. The van der Waals surface area contributed by atoms with E-state index in [1.54, 1.807) is 7.11 Å². The van der Waals surface area contributed by atoms with Gasteiger partial charge >= 0.3 is 26.7 Å². The van der Waals surface area contributed by atoms with Crippen molar-refractivity contribution >= 4 is 42.7 Å². The maximum atomic E-state index is 12.5. The van der Waals surface area contributed by atoms with Crippen LogP contribution in [0.4, 0.5) is 18.3 Å². The number of benzene rings is 3. The SMILES string of the molecule is COc1ccc([I+]c2ccc(C(=O)Nc3nc4ccc(C)cc4s3)cc2)cc1.O=S(=O)([O-])C(F)(F)F. The summed E-state index contributed by atoms with van der Waals surface area (Å²) in [5.41, 5.74) is -2.92. The summed E-state index contributed by atoms with van der Waals surface area (Å²) in [6, 6.07) is 22.1. The number of alkyl halides is 3. The Balaban J connectivity index is 0.000000392. The fourth-order valence-corrected chi connectivity index (χ4v) is 5.80. The van der Waals surface area contributed by atoms with E-state index in [0.29, 0.717) is 10.7 Å². The van der Waals surface area contributed by atoms with Crippen molar-refractivity contribution in [2.24, 2.45) is 0 Å². The minimum atomic E-state index is -6.09. The molecule has 0 radical (unpaired) electrons. The summed E-state index contributed by atoms with van der Waals surface area (Å²) >= 11 is 1.21. The Labute approximate surface area is 219 Å². The number of carbonyl (C=O) groups excluding carboxylic acids is 1. The monoisotopic (exact) mass is 650 g/mol. The predicted molar refractivity (Wildman–Crippen MR) is 125 cm³/mol. The summed E-state index contributed by atoms with van der Waals surface area (Å²) in [6.07, 6.45) is 0. The summed E-state index contributed by atoms with van der Waals surface area (Å²) in [4.78, 5) is 17.0. The highest BCUT2D eigenvalue weighted by atomic mass is 127. The van der Waals surface area contributed by atoms with Crippen LogP contribution in [0.1, 0.15) is 15.9 Å². The lowest BCUT2D eigenvalue weighted by atomic mass is 10.2. The number of aromatic nitrogens is 1. The molecule has 190 valence electrons. The highest BCUT2D eigenvalue weighted by Crippen LogP contribution is 2.27. The van der Waals surface area contributed by atoms with Crippen LogP contribution >= 0.6 is 11.3 Å². The predicted octanol–water partition coefficient (Wildman–Crippen LogP) is 2.05. The van der Waals surface area contributed by atoms with Gasteiger partial charge in [-0.25, -0.2) is 13.4 Å². The van der Waals surface area contributed by atoms with Crippen LogP contribution in [0.2, 0.25) is 0 Å². The minimum Gasteiger partial charge on any atom is -0.741 e. The number of fused-ring (bicyclic) bond motifs is 1. The number of hydrogen-bond donors (Lipinski definition) is 1. The average molecular weight is 650 g/mol. The van der Waals surface area contributed by atoms with Gasteiger partial charge < -0.3 is 9.29 Å². The number of nitrogens with zero attached hydrogens (tertiary/aromatic N) is 1.